The number of benzene rings is 3. The Morgan fingerprint density at radius 2 is 1.65 bits per heavy atom. The highest BCUT2D eigenvalue weighted by atomic mass is 35.5. The highest BCUT2D eigenvalue weighted by Crippen LogP contribution is 2.33. The second kappa shape index (κ2) is 9.76. The van der Waals surface area contributed by atoms with Gasteiger partial charge in [-0.1, -0.05) is 23.7 Å². The summed E-state index contributed by atoms with van der Waals surface area (Å²) < 4.78 is 10.4. The van der Waals surface area contributed by atoms with Crippen molar-refractivity contribution in [2.75, 3.05) is 23.4 Å². The van der Waals surface area contributed by atoms with Crippen LogP contribution in [-0.4, -0.2) is 36.9 Å². The molecule has 3 amide bonds. The Kier molecular flexibility index (Phi) is 6.60. The molecule has 172 valence electrons. The van der Waals surface area contributed by atoms with Crippen LogP contribution < -0.4 is 15.0 Å². The number of carbonyl (C=O) groups excluding carboxylic acids is 4. The Bertz CT molecular complexity index is 1290. The summed E-state index contributed by atoms with van der Waals surface area (Å²) in [5.74, 6) is -1.81. The van der Waals surface area contributed by atoms with Gasteiger partial charge in [0.2, 0.25) is 0 Å². The number of nitrogens with one attached hydrogen (secondary N) is 1. The molecule has 0 radical (unpaired) electrons. The number of esters is 1. The average molecular weight is 479 g/mol. The molecule has 0 spiro atoms. The van der Waals surface area contributed by atoms with Crippen molar-refractivity contribution < 1.29 is 28.7 Å². The maximum absolute atomic E-state index is 12.9. The first-order valence-electron chi connectivity index (χ1n) is 10.4. The van der Waals surface area contributed by atoms with E-state index >= 15 is 0 Å². The summed E-state index contributed by atoms with van der Waals surface area (Å²) in [4.78, 5) is 51.2. The Morgan fingerprint density at radius 1 is 0.941 bits per heavy atom. The zero-order valence-electron chi connectivity index (χ0n) is 18.0. The number of hydrogen-bond acceptors (Lipinski definition) is 6. The van der Waals surface area contributed by atoms with Gasteiger partial charge in [0.05, 0.1) is 34.0 Å². The molecular formula is C25H19ClN2O6. The second-order valence-corrected chi connectivity index (χ2v) is 7.65. The van der Waals surface area contributed by atoms with E-state index in [-0.39, 0.29) is 27.4 Å². The molecule has 8 nitrogen and oxygen atoms in total. The number of anilines is 2. The quantitative estimate of drug-likeness (QED) is 0.400. The van der Waals surface area contributed by atoms with Crippen LogP contribution in [0.15, 0.2) is 66.7 Å². The van der Waals surface area contributed by atoms with E-state index in [0.717, 1.165) is 4.90 Å². The summed E-state index contributed by atoms with van der Waals surface area (Å²) in [6, 6.07) is 17.2. The van der Waals surface area contributed by atoms with E-state index < -0.39 is 30.3 Å². The lowest BCUT2D eigenvalue weighted by Crippen LogP contribution is -2.29. The van der Waals surface area contributed by atoms with E-state index in [9.17, 15) is 19.2 Å². The van der Waals surface area contributed by atoms with Crippen molar-refractivity contribution in [3.8, 4) is 5.75 Å². The molecule has 1 aliphatic heterocycles. The van der Waals surface area contributed by atoms with Crippen molar-refractivity contribution in [1.82, 2.24) is 0 Å². The number of halogens is 1. The van der Waals surface area contributed by atoms with Crippen LogP contribution in [0.25, 0.3) is 0 Å². The van der Waals surface area contributed by atoms with Crippen molar-refractivity contribution in [2.24, 2.45) is 0 Å². The summed E-state index contributed by atoms with van der Waals surface area (Å²) in [7, 11) is 0. The third-order valence-corrected chi connectivity index (χ3v) is 5.32. The second-order valence-electron chi connectivity index (χ2n) is 7.24. The van der Waals surface area contributed by atoms with Gasteiger partial charge in [0.25, 0.3) is 17.7 Å². The number of amides is 3. The smallest absolute Gasteiger partial charge is 0.338 e. The first-order chi connectivity index (χ1) is 16.4. The molecule has 0 saturated carbocycles. The summed E-state index contributed by atoms with van der Waals surface area (Å²) >= 11 is 6.15. The monoisotopic (exact) mass is 478 g/mol. The fraction of sp³-hybridized carbons (Fsp3) is 0.120. The molecule has 0 bridgehead atoms. The number of para-hydroxylation sites is 1. The van der Waals surface area contributed by atoms with E-state index in [2.05, 4.69) is 5.32 Å². The molecule has 4 rings (SSSR count). The number of carbonyl (C=O) groups is 4. The highest BCUT2D eigenvalue weighted by Gasteiger charge is 2.38. The summed E-state index contributed by atoms with van der Waals surface area (Å²) in [6.45, 7) is 1.87. The summed E-state index contributed by atoms with van der Waals surface area (Å²) in [5.41, 5.74) is 1.01. The third kappa shape index (κ3) is 4.62. The van der Waals surface area contributed by atoms with Crippen molar-refractivity contribution >= 4 is 46.7 Å². The lowest BCUT2D eigenvalue weighted by molar-refractivity contribution is -0.119. The molecule has 1 aliphatic rings. The summed E-state index contributed by atoms with van der Waals surface area (Å²) in [5, 5.41) is 2.86. The topological polar surface area (TPSA) is 102 Å². The van der Waals surface area contributed by atoms with Crippen LogP contribution in [-0.2, 0) is 9.53 Å². The third-order valence-electron chi connectivity index (χ3n) is 5.00. The maximum Gasteiger partial charge on any atom is 0.338 e. The first-order valence-corrected chi connectivity index (χ1v) is 10.7. The van der Waals surface area contributed by atoms with Crippen LogP contribution in [0, 0.1) is 0 Å². The van der Waals surface area contributed by atoms with Gasteiger partial charge in [-0.25, -0.2) is 9.69 Å². The lowest BCUT2D eigenvalue weighted by atomic mass is 10.1. The molecule has 0 atom stereocenters. The SMILES string of the molecule is CCOc1ccc(NC(=O)COC(=O)c2ccc3c(c2)C(=O)N(c2ccccc2Cl)C3=O)cc1. The van der Waals surface area contributed by atoms with Crippen LogP contribution >= 0.6 is 11.6 Å². The standard InChI is InChI=1S/C25H19ClN2O6/c1-2-33-17-10-8-16(9-11-17)27-22(29)14-34-25(32)15-7-12-18-19(13-15)24(31)28(23(18)30)21-6-4-3-5-20(21)26/h3-13H,2,14H2,1H3,(H,27,29). The van der Waals surface area contributed by atoms with Crippen molar-refractivity contribution in [2.45, 2.75) is 6.92 Å². The molecule has 34 heavy (non-hydrogen) atoms. The van der Waals surface area contributed by atoms with Crippen LogP contribution in [0.1, 0.15) is 38.0 Å². The van der Waals surface area contributed by atoms with Crippen molar-refractivity contribution in [1.29, 1.82) is 0 Å². The van der Waals surface area contributed by atoms with Crippen molar-refractivity contribution in [3.63, 3.8) is 0 Å². The fourth-order valence-electron chi connectivity index (χ4n) is 3.43. The van der Waals surface area contributed by atoms with E-state index in [1.807, 2.05) is 6.92 Å². The Morgan fingerprint density at radius 3 is 2.35 bits per heavy atom. The van der Waals surface area contributed by atoms with Gasteiger partial charge in [-0.2, -0.15) is 0 Å². The Labute approximate surface area is 200 Å². The van der Waals surface area contributed by atoms with Gasteiger partial charge < -0.3 is 14.8 Å². The minimum absolute atomic E-state index is 0.0368. The largest absolute Gasteiger partial charge is 0.494 e. The molecule has 1 N–H and O–H groups in total. The minimum Gasteiger partial charge on any atom is -0.494 e. The van der Waals surface area contributed by atoms with Gasteiger partial charge in [0.1, 0.15) is 5.75 Å². The van der Waals surface area contributed by atoms with E-state index in [1.165, 1.54) is 18.2 Å². The van der Waals surface area contributed by atoms with E-state index in [4.69, 9.17) is 21.1 Å². The average Bonchev–Trinajstić information content (AvgIpc) is 3.08. The Hall–Kier alpha value is -4.17. The molecular weight excluding hydrogens is 460 g/mol. The molecule has 0 aliphatic carbocycles. The summed E-state index contributed by atoms with van der Waals surface area (Å²) in [6.07, 6.45) is 0. The van der Waals surface area contributed by atoms with Gasteiger partial charge in [-0.3, -0.25) is 14.4 Å². The normalized spacial score (nSPS) is 12.4. The van der Waals surface area contributed by atoms with E-state index in [0.29, 0.717) is 18.0 Å². The molecule has 3 aromatic carbocycles. The first kappa shape index (κ1) is 23.0. The van der Waals surface area contributed by atoms with Crippen LogP contribution in [0.5, 0.6) is 5.75 Å². The predicted octanol–water partition coefficient (Wildman–Crippen LogP) is 4.33. The molecule has 0 saturated heterocycles. The minimum atomic E-state index is -0.805. The highest BCUT2D eigenvalue weighted by molar-refractivity contribution is 6.39. The van der Waals surface area contributed by atoms with Gasteiger partial charge in [0, 0.05) is 5.69 Å². The number of imide groups is 1. The van der Waals surface area contributed by atoms with Crippen LogP contribution in [0.4, 0.5) is 11.4 Å². The number of fused-ring (bicyclic) bond motifs is 1. The van der Waals surface area contributed by atoms with Gasteiger partial charge >= 0.3 is 5.97 Å². The van der Waals surface area contributed by atoms with Crippen LogP contribution in [0.2, 0.25) is 5.02 Å². The molecule has 0 unspecified atom stereocenters. The fourth-order valence-corrected chi connectivity index (χ4v) is 3.65. The molecule has 1 heterocycles. The van der Waals surface area contributed by atoms with Gasteiger partial charge in [-0.15, -0.1) is 0 Å². The van der Waals surface area contributed by atoms with Gasteiger partial charge in [-0.05, 0) is 61.5 Å². The van der Waals surface area contributed by atoms with Crippen molar-refractivity contribution in [3.05, 3.63) is 88.4 Å². The zero-order valence-corrected chi connectivity index (χ0v) is 18.8. The number of nitrogens with zero attached hydrogens (tertiary/aromatic N) is 1. The molecule has 0 aromatic heterocycles. The van der Waals surface area contributed by atoms with Crippen LogP contribution in [0.3, 0.4) is 0 Å². The predicted molar refractivity (Wildman–Crippen MR) is 126 cm³/mol. The molecule has 0 fully saturated rings. The molecule has 3 aromatic rings. The number of ether oxygens (including phenoxy) is 2. The van der Waals surface area contributed by atoms with E-state index in [1.54, 1.807) is 48.5 Å². The maximum atomic E-state index is 12.9. The number of rotatable bonds is 7. The zero-order chi connectivity index (χ0) is 24.2. The number of hydrogen-bond donors (Lipinski definition) is 1. The lowest BCUT2D eigenvalue weighted by Gasteiger charge is -2.15. The Balaban J connectivity index is 1.41. The molecule has 9 heteroatoms. The van der Waals surface area contributed by atoms with Gasteiger partial charge in [0.15, 0.2) is 6.61 Å².